The molecule has 1 fully saturated rings. The standard InChI is InChI=1S/C10H20N2O2S/c1-4-5-11-15(13,14)12-7-9(2)6-10(3)8-12/h4,9-11H,1,5-8H2,2-3H3. The number of nitrogens with one attached hydrogen (secondary N) is 1. The highest BCUT2D eigenvalue weighted by Gasteiger charge is 2.29. The molecule has 0 aromatic carbocycles. The smallest absolute Gasteiger partial charge is 0.198 e. The lowest BCUT2D eigenvalue weighted by Gasteiger charge is -2.33. The van der Waals surface area contributed by atoms with Crippen molar-refractivity contribution in [3.05, 3.63) is 12.7 Å². The van der Waals surface area contributed by atoms with E-state index in [4.69, 9.17) is 0 Å². The minimum atomic E-state index is -3.30. The van der Waals surface area contributed by atoms with Crippen molar-refractivity contribution in [3.63, 3.8) is 0 Å². The van der Waals surface area contributed by atoms with Gasteiger partial charge in [0.15, 0.2) is 0 Å². The molecule has 88 valence electrons. The highest BCUT2D eigenvalue weighted by atomic mass is 32.2. The van der Waals surface area contributed by atoms with Gasteiger partial charge in [0.2, 0.25) is 0 Å². The molecular formula is C10H20N2O2S. The minimum absolute atomic E-state index is 0.293. The summed E-state index contributed by atoms with van der Waals surface area (Å²) in [6, 6.07) is 0. The van der Waals surface area contributed by atoms with Gasteiger partial charge in [-0.1, -0.05) is 19.9 Å². The Kier molecular flexibility index (Phi) is 4.31. The SMILES string of the molecule is C=CCNS(=O)(=O)N1CC(C)CC(C)C1. The molecule has 0 aliphatic carbocycles. The van der Waals surface area contributed by atoms with Crippen molar-refractivity contribution in [2.24, 2.45) is 11.8 Å². The van der Waals surface area contributed by atoms with Gasteiger partial charge in [-0.2, -0.15) is 17.4 Å². The molecule has 2 unspecified atom stereocenters. The van der Waals surface area contributed by atoms with E-state index in [2.05, 4.69) is 25.1 Å². The molecule has 1 saturated heterocycles. The number of rotatable bonds is 4. The van der Waals surface area contributed by atoms with E-state index in [0.717, 1.165) is 6.42 Å². The van der Waals surface area contributed by atoms with Gasteiger partial charge < -0.3 is 0 Å². The number of hydrogen-bond acceptors (Lipinski definition) is 2. The molecule has 4 nitrogen and oxygen atoms in total. The summed E-state index contributed by atoms with van der Waals surface area (Å²) in [6.45, 7) is 9.21. The molecule has 2 atom stereocenters. The van der Waals surface area contributed by atoms with E-state index in [-0.39, 0.29) is 0 Å². The second kappa shape index (κ2) is 5.09. The van der Waals surface area contributed by atoms with Gasteiger partial charge in [0, 0.05) is 19.6 Å². The molecule has 1 aliphatic rings. The molecule has 0 radical (unpaired) electrons. The van der Waals surface area contributed by atoms with E-state index in [0.29, 0.717) is 31.5 Å². The summed E-state index contributed by atoms with van der Waals surface area (Å²) in [5.74, 6) is 0.878. The van der Waals surface area contributed by atoms with E-state index in [9.17, 15) is 8.42 Å². The Labute approximate surface area is 92.5 Å². The molecule has 0 aromatic heterocycles. The van der Waals surface area contributed by atoms with E-state index in [1.165, 1.54) is 4.31 Å². The minimum Gasteiger partial charge on any atom is -0.198 e. The van der Waals surface area contributed by atoms with E-state index >= 15 is 0 Å². The van der Waals surface area contributed by atoms with Crippen LogP contribution >= 0.6 is 0 Å². The summed E-state index contributed by atoms with van der Waals surface area (Å²) >= 11 is 0. The predicted molar refractivity (Wildman–Crippen MR) is 61.6 cm³/mol. The molecule has 0 bridgehead atoms. The highest BCUT2D eigenvalue weighted by Crippen LogP contribution is 2.22. The third kappa shape index (κ3) is 3.59. The van der Waals surface area contributed by atoms with Crippen LogP contribution in [0.5, 0.6) is 0 Å². The first-order valence-electron chi connectivity index (χ1n) is 5.31. The zero-order valence-corrected chi connectivity index (χ0v) is 10.3. The Bertz CT molecular complexity index is 303. The van der Waals surface area contributed by atoms with Crippen LogP contribution in [0.2, 0.25) is 0 Å². The average Bonchev–Trinajstić information content (AvgIpc) is 2.13. The maximum absolute atomic E-state index is 11.8. The molecule has 5 heteroatoms. The third-order valence-corrected chi connectivity index (χ3v) is 4.09. The van der Waals surface area contributed by atoms with Crippen LogP contribution in [-0.2, 0) is 10.2 Å². The van der Waals surface area contributed by atoms with Crippen molar-refractivity contribution in [3.8, 4) is 0 Å². The third-order valence-electron chi connectivity index (χ3n) is 2.59. The number of hydrogen-bond donors (Lipinski definition) is 1. The first-order chi connectivity index (χ1) is 6.95. The van der Waals surface area contributed by atoms with E-state index in [1.54, 1.807) is 6.08 Å². The van der Waals surface area contributed by atoms with Crippen molar-refractivity contribution in [2.45, 2.75) is 20.3 Å². The van der Waals surface area contributed by atoms with Crippen molar-refractivity contribution in [2.75, 3.05) is 19.6 Å². The Hall–Kier alpha value is -0.390. The molecule has 1 heterocycles. The van der Waals surface area contributed by atoms with Crippen LogP contribution in [-0.4, -0.2) is 32.4 Å². The molecule has 15 heavy (non-hydrogen) atoms. The summed E-state index contributed by atoms with van der Waals surface area (Å²) in [5, 5.41) is 0. The second-order valence-corrected chi connectivity index (χ2v) is 6.16. The molecule has 1 aliphatic heterocycles. The van der Waals surface area contributed by atoms with Gasteiger partial charge in [-0.25, -0.2) is 0 Å². The molecule has 1 rings (SSSR count). The predicted octanol–water partition coefficient (Wildman–Crippen LogP) is 0.985. The fourth-order valence-corrected chi connectivity index (χ4v) is 3.47. The molecule has 0 saturated carbocycles. The first-order valence-corrected chi connectivity index (χ1v) is 6.75. The number of nitrogens with zero attached hydrogens (tertiary/aromatic N) is 1. The fraction of sp³-hybridized carbons (Fsp3) is 0.800. The zero-order chi connectivity index (χ0) is 11.5. The summed E-state index contributed by atoms with van der Waals surface area (Å²) in [6.07, 6.45) is 2.65. The van der Waals surface area contributed by atoms with Crippen molar-refractivity contribution in [1.29, 1.82) is 0 Å². The lowest BCUT2D eigenvalue weighted by atomic mass is 9.94. The van der Waals surface area contributed by atoms with Gasteiger partial charge in [-0.3, -0.25) is 0 Å². The van der Waals surface area contributed by atoms with Gasteiger partial charge in [-0.15, -0.1) is 6.58 Å². The van der Waals surface area contributed by atoms with Gasteiger partial charge >= 0.3 is 0 Å². The lowest BCUT2D eigenvalue weighted by Crippen LogP contribution is -2.47. The maximum Gasteiger partial charge on any atom is 0.279 e. The lowest BCUT2D eigenvalue weighted by molar-refractivity contribution is 0.221. The topological polar surface area (TPSA) is 49.4 Å². The van der Waals surface area contributed by atoms with E-state index < -0.39 is 10.2 Å². The Morgan fingerprint density at radius 1 is 1.40 bits per heavy atom. The Morgan fingerprint density at radius 3 is 2.40 bits per heavy atom. The van der Waals surface area contributed by atoms with Crippen molar-refractivity contribution >= 4 is 10.2 Å². The first kappa shape index (κ1) is 12.7. The van der Waals surface area contributed by atoms with Crippen LogP contribution in [0.1, 0.15) is 20.3 Å². The monoisotopic (exact) mass is 232 g/mol. The van der Waals surface area contributed by atoms with Crippen LogP contribution in [0.25, 0.3) is 0 Å². The van der Waals surface area contributed by atoms with Gasteiger partial charge in [-0.05, 0) is 18.3 Å². The van der Waals surface area contributed by atoms with Crippen LogP contribution in [0, 0.1) is 11.8 Å². The molecular weight excluding hydrogens is 212 g/mol. The van der Waals surface area contributed by atoms with Crippen LogP contribution in [0.15, 0.2) is 12.7 Å². The second-order valence-electron chi connectivity index (χ2n) is 4.41. The largest absolute Gasteiger partial charge is 0.279 e. The quantitative estimate of drug-likeness (QED) is 0.735. The van der Waals surface area contributed by atoms with Gasteiger partial charge in [0.25, 0.3) is 10.2 Å². The molecule has 0 spiro atoms. The average molecular weight is 232 g/mol. The molecule has 0 amide bonds. The Morgan fingerprint density at radius 2 is 1.93 bits per heavy atom. The van der Waals surface area contributed by atoms with Crippen LogP contribution in [0.4, 0.5) is 0 Å². The summed E-state index contributed by atoms with van der Waals surface area (Å²) in [5.41, 5.74) is 0. The van der Waals surface area contributed by atoms with E-state index in [1.807, 2.05) is 0 Å². The van der Waals surface area contributed by atoms with Crippen molar-refractivity contribution < 1.29 is 8.42 Å². The van der Waals surface area contributed by atoms with Crippen molar-refractivity contribution in [1.82, 2.24) is 9.03 Å². The van der Waals surface area contributed by atoms with Gasteiger partial charge in [0.1, 0.15) is 0 Å². The summed E-state index contributed by atoms with van der Waals surface area (Å²) < 4.78 is 27.6. The zero-order valence-electron chi connectivity index (χ0n) is 9.44. The number of piperidine rings is 1. The maximum atomic E-state index is 11.8. The normalized spacial score (nSPS) is 28.9. The summed E-state index contributed by atoms with van der Waals surface area (Å²) in [4.78, 5) is 0. The van der Waals surface area contributed by atoms with Gasteiger partial charge in [0.05, 0.1) is 0 Å². The molecule has 0 aromatic rings. The highest BCUT2D eigenvalue weighted by molar-refractivity contribution is 7.87. The molecule has 1 N–H and O–H groups in total. The van der Waals surface area contributed by atoms with Crippen LogP contribution < -0.4 is 4.72 Å². The fourth-order valence-electron chi connectivity index (χ4n) is 2.06. The van der Waals surface area contributed by atoms with Crippen LogP contribution in [0.3, 0.4) is 0 Å². The Balaban J connectivity index is 2.65. The summed E-state index contributed by atoms with van der Waals surface area (Å²) in [7, 11) is -3.30.